The molecule has 1 aromatic carbocycles. The van der Waals surface area contributed by atoms with E-state index in [0.29, 0.717) is 18.7 Å². The quantitative estimate of drug-likeness (QED) is 0.890. The number of nitrogens with one attached hydrogen (secondary N) is 1. The van der Waals surface area contributed by atoms with Crippen molar-refractivity contribution in [2.75, 3.05) is 13.7 Å². The van der Waals surface area contributed by atoms with Crippen molar-refractivity contribution >= 4 is 11.3 Å². The van der Waals surface area contributed by atoms with E-state index in [1.54, 1.807) is 13.2 Å². The Kier molecular flexibility index (Phi) is 5.11. The molecule has 4 nitrogen and oxygen atoms in total. The molecule has 0 aliphatic carbocycles. The van der Waals surface area contributed by atoms with Crippen molar-refractivity contribution in [2.45, 2.75) is 19.5 Å². The van der Waals surface area contributed by atoms with Gasteiger partial charge in [0.2, 0.25) is 0 Å². The normalized spacial score (nSPS) is 12.6. The Morgan fingerprint density at radius 3 is 2.70 bits per heavy atom. The van der Waals surface area contributed by atoms with Crippen molar-refractivity contribution in [1.29, 1.82) is 0 Å². The van der Waals surface area contributed by atoms with E-state index < -0.39 is 11.6 Å². The molecule has 0 spiro atoms. The Balaban J connectivity index is 2.07. The van der Waals surface area contributed by atoms with Gasteiger partial charge in [0.15, 0.2) is 11.6 Å². The van der Waals surface area contributed by atoms with Crippen LogP contribution in [0, 0.1) is 18.6 Å². The smallest absolute Gasteiger partial charge is 0.159 e. The van der Waals surface area contributed by atoms with Gasteiger partial charge in [0, 0.05) is 7.11 Å². The van der Waals surface area contributed by atoms with Crippen molar-refractivity contribution in [3.63, 3.8) is 0 Å². The van der Waals surface area contributed by atoms with Gasteiger partial charge in [-0.25, -0.2) is 8.78 Å². The van der Waals surface area contributed by atoms with E-state index in [-0.39, 0.29) is 6.04 Å². The zero-order chi connectivity index (χ0) is 14.5. The van der Waals surface area contributed by atoms with E-state index in [2.05, 4.69) is 15.5 Å². The van der Waals surface area contributed by atoms with Gasteiger partial charge in [-0.1, -0.05) is 6.07 Å². The minimum Gasteiger partial charge on any atom is -0.383 e. The first-order valence-electron chi connectivity index (χ1n) is 6.06. The summed E-state index contributed by atoms with van der Waals surface area (Å²) in [6, 6.07) is 3.60. The van der Waals surface area contributed by atoms with Crippen LogP contribution in [0.1, 0.15) is 21.6 Å². The zero-order valence-electron chi connectivity index (χ0n) is 11.2. The zero-order valence-corrected chi connectivity index (χ0v) is 12.0. The first-order valence-corrected chi connectivity index (χ1v) is 6.88. The van der Waals surface area contributed by atoms with Gasteiger partial charge < -0.3 is 10.1 Å². The number of hydrogen-bond donors (Lipinski definition) is 1. The highest BCUT2D eigenvalue weighted by Gasteiger charge is 2.14. The van der Waals surface area contributed by atoms with Gasteiger partial charge in [0.1, 0.15) is 10.0 Å². The first kappa shape index (κ1) is 15.0. The molecule has 0 amide bonds. The Labute approximate surface area is 119 Å². The predicted molar refractivity (Wildman–Crippen MR) is 72.5 cm³/mol. The number of nitrogens with zero attached hydrogens (tertiary/aromatic N) is 2. The number of methoxy groups -OCH3 is 1. The maximum Gasteiger partial charge on any atom is 0.159 e. The molecule has 7 heteroatoms. The van der Waals surface area contributed by atoms with E-state index in [1.807, 2.05) is 6.92 Å². The van der Waals surface area contributed by atoms with Crippen molar-refractivity contribution < 1.29 is 13.5 Å². The number of rotatable bonds is 6. The number of hydrogen-bond acceptors (Lipinski definition) is 5. The molecule has 108 valence electrons. The molecule has 1 unspecified atom stereocenters. The monoisotopic (exact) mass is 299 g/mol. The van der Waals surface area contributed by atoms with E-state index >= 15 is 0 Å². The van der Waals surface area contributed by atoms with Crippen LogP contribution in [-0.4, -0.2) is 23.9 Å². The Bertz CT molecular complexity index is 576. The maximum atomic E-state index is 13.3. The summed E-state index contributed by atoms with van der Waals surface area (Å²) < 4.78 is 31.4. The molecule has 1 aromatic heterocycles. The number of benzene rings is 1. The highest BCUT2D eigenvalue weighted by molar-refractivity contribution is 7.11. The molecular weight excluding hydrogens is 284 g/mol. The van der Waals surface area contributed by atoms with Crippen LogP contribution in [-0.2, 0) is 11.3 Å². The predicted octanol–water partition coefficient (Wildman–Crippen LogP) is 2.60. The lowest BCUT2D eigenvalue weighted by molar-refractivity contribution is 0.166. The first-order chi connectivity index (χ1) is 9.60. The second-order valence-electron chi connectivity index (χ2n) is 4.28. The summed E-state index contributed by atoms with van der Waals surface area (Å²) in [7, 11) is 1.56. The lowest BCUT2D eigenvalue weighted by Gasteiger charge is -2.17. The van der Waals surface area contributed by atoms with Crippen molar-refractivity contribution in [1.82, 2.24) is 15.5 Å². The fraction of sp³-hybridized carbons (Fsp3) is 0.385. The molecule has 0 radical (unpaired) electrons. The number of aromatic nitrogens is 2. The molecule has 0 aliphatic heterocycles. The summed E-state index contributed by atoms with van der Waals surface area (Å²) in [6.45, 7) is 2.73. The van der Waals surface area contributed by atoms with Gasteiger partial charge in [-0.3, -0.25) is 0 Å². The third-order valence-corrected chi connectivity index (χ3v) is 3.59. The molecule has 2 rings (SSSR count). The fourth-order valence-corrected chi connectivity index (χ4v) is 2.45. The summed E-state index contributed by atoms with van der Waals surface area (Å²) in [5.74, 6) is -1.72. The molecule has 20 heavy (non-hydrogen) atoms. The number of halogens is 2. The Hall–Kier alpha value is -1.44. The van der Waals surface area contributed by atoms with Crippen molar-refractivity contribution in [3.05, 3.63) is 45.4 Å². The maximum absolute atomic E-state index is 13.3. The molecule has 1 N–H and O–H groups in total. The molecule has 0 fully saturated rings. The van der Waals surface area contributed by atoms with Gasteiger partial charge in [-0.15, -0.1) is 21.5 Å². The fourth-order valence-electron chi connectivity index (χ4n) is 1.79. The summed E-state index contributed by atoms with van der Waals surface area (Å²) in [6.07, 6.45) is 0. The van der Waals surface area contributed by atoms with Crippen LogP contribution in [0.15, 0.2) is 18.2 Å². The average Bonchev–Trinajstić information content (AvgIpc) is 2.84. The highest BCUT2D eigenvalue weighted by Crippen LogP contribution is 2.18. The highest BCUT2D eigenvalue weighted by atomic mass is 32.1. The molecule has 2 aromatic rings. The third kappa shape index (κ3) is 3.78. The summed E-state index contributed by atoms with van der Waals surface area (Å²) >= 11 is 1.49. The van der Waals surface area contributed by atoms with Crippen LogP contribution < -0.4 is 5.32 Å². The van der Waals surface area contributed by atoms with Gasteiger partial charge in [0.05, 0.1) is 19.2 Å². The summed E-state index contributed by atoms with van der Waals surface area (Å²) in [4.78, 5) is 0. The lowest BCUT2D eigenvalue weighted by atomic mass is 10.1. The standard InChI is InChI=1S/C13H15F2N3OS/c1-8-17-18-13(20-8)6-16-12(7-19-2)9-3-4-10(14)11(15)5-9/h3-5,12,16H,6-7H2,1-2H3. The molecule has 0 aliphatic rings. The molecule has 0 bridgehead atoms. The van der Waals surface area contributed by atoms with Gasteiger partial charge in [-0.2, -0.15) is 0 Å². The minimum absolute atomic E-state index is 0.237. The Morgan fingerprint density at radius 2 is 2.10 bits per heavy atom. The largest absolute Gasteiger partial charge is 0.383 e. The van der Waals surface area contributed by atoms with Crippen LogP contribution in [0.4, 0.5) is 8.78 Å². The van der Waals surface area contributed by atoms with E-state index in [9.17, 15) is 8.78 Å². The second-order valence-corrected chi connectivity index (χ2v) is 5.54. The number of ether oxygens (including phenoxy) is 1. The molecule has 0 saturated heterocycles. The van der Waals surface area contributed by atoms with Crippen LogP contribution >= 0.6 is 11.3 Å². The molecular formula is C13H15F2N3OS. The van der Waals surface area contributed by atoms with Crippen molar-refractivity contribution in [2.24, 2.45) is 0 Å². The summed E-state index contributed by atoms with van der Waals surface area (Å²) in [5.41, 5.74) is 0.631. The van der Waals surface area contributed by atoms with Gasteiger partial charge in [-0.05, 0) is 24.6 Å². The SMILES string of the molecule is COCC(NCc1nnc(C)s1)c1ccc(F)c(F)c1. The topological polar surface area (TPSA) is 47.0 Å². The van der Waals surface area contributed by atoms with Crippen LogP contribution in [0.2, 0.25) is 0 Å². The van der Waals surface area contributed by atoms with Gasteiger partial charge in [0.25, 0.3) is 0 Å². The van der Waals surface area contributed by atoms with Gasteiger partial charge >= 0.3 is 0 Å². The third-order valence-electron chi connectivity index (χ3n) is 2.75. The second kappa shape index (κ2) is 6.83. The van der Waals surface area contributed by atoms with Crippen LogP contribution in [0.3, 0.4) is 0 Å². The van der Waals surface area contributed by atoms with E-state index in [0.717, 1.165) is 16.1 Å². The Morgan fingerprint density at radius 1 is 1.30 bits per heavy atom. The van der Waals surface area contributed by atoms with Crippen LogP contribution in [0.5, 0.6) is 0 Å². The van der Waals surface area contributed by atoms with Crippen LogP contribution in [0.25, 0.3) is 0 Å². The lowest BCUT2D eigenvalue weighted by Crippen LogP contribution is -2.25. The van der Waals surface area contributed by atoms with E-state index in [1.165, 1.54) is 17.4 Å². The molecule has 1 heterocycles. The molecule has 0 saturated carbocycles. The number of aryl methyl sites for hydroxylation is 1. The molecule has 1 atom stereocenters. The summed E-state index contributed by atoms with van der Waals surface area (Å²) in [5, 5.41) is 12.9. The minimum atomic E-state index is -0.864. The average molecular weight is 299 g/mol. The van der Waals surface area contributed by atoms with E-state index in [4.69, 9.17) is 4.74 Å². The van der Waals surface area contributed by atoms with Crippen molar-refractivity contribution in [3.8, 4) is 0 Å².